The van der Waals surface area contributed by atoms with Crippen LogP contribution in [0.2, 0.25) is 5.02 Å². The topological polar surface area (TPSA) is 96.0 Å². The number of carbonyl (C=O) groups is 2. The lowest BCUT2D eigenvalue weighted by Crippen LogP contribution is -2.49. The van der Waals surface area contributed by atoms with Crippen LogP contribution in [0.4, 0.5) is 10.1 Å². The van der Waals surface area contributed by atoms with Gasteiger partial charge in [-0.3, -0.25) is 13.9 Å². The molecule has 0 spiro atoms. The van der Waals surface area contributed by atoms with Crippen molar-refractivity contribution < 1.29 is 27.1 Å². The van der Waals surface area contributed by atoms with E-state index in [0.717, 1.165) is 6.26 Å². The molecule has 2 aromatic carbocycles. The molecule has 0 saturated carbocycles. The molecular weight excluding hydrogens is 509 g/mol. The van der Waals surface area contributed by atoms with E-state index >= 15 is 0 Å². The van der Waals surface area contributed by atoms with E-state index in [-0.39, 0.29) is 42.8 Å². The van der Waals surface area contributed by atoms with Gasteiger partial charge in [-0.25, -0.2) is 12.8 Å². The van der Waals surface area contributed by atoms with Crippen molar-refractivity contribution in [2.24, 2.45) is 0 Å². The summed E-state index contributed by atoms with van der Waals surface area (Å²) in [7, 11) is -2.20. The second-order valence-corrected chi connectivity index (χ2v) is 10.5. The lowest BCUT2D eigenvalue weighted by atomic mass is 10.1. The van der Waals surface area contributed by atoms with Crippen molar-refractivity contribution in [2.75, 3.05) is 30.8 Å². The number of carbonyl (C=O) groups excluding carboxylic acids is 2. The number of nitrogens with one attached hydrogen (secondary N) is 1. The highest BCUT2D eigenvalue weighted by atomic mass is 35.5. The van der Waals surface area contributed by atoms with Gasteiger partial charge >= 0.3 is 0 Å². The van der Waals surface area contributed by atoms with E-state index in [1.807, 2.05) is 6.92 Å². The standard InChI is InChI=1S/C25H33ClFN3O5S/c1-5-22(25(32)28-6-2)29(17-18-9-11-19(27)12-10-18)24(31)8-7-15-30(36(4,33)34)20-13-14-23(35-3)21(26)16-20/h9-14,16,22H,5-8,15,17H2,1-4H3,(H,28,32). The van der Waals surface area contributed by atoms with Gasteiger partial charge < -0.3 is 15.0 Å². The predicted octanol–water partition coefficient (Wildman–Crippen LogP) is 3.98. The fraction of sp³-hybridized carbons (Fsp3) is 0.440. The lowest BCUT2D eigenvalue weighted by Gasteiger charge is -2.31. The van der Waals surface area contributed by atoms with Crippen molar-refractivity contribution in [2.45, 2.75) is 45.7 Å². The van der Waals surface area contributed by atoms with Crippen LogP contribution < -0.4 is 14.4 Å². The third kappa shape index (κ3) is 8.09. The van der Waals surface area contributed by atoms with Gasteiger partial charge in [-0.1, -0.05) is 30.7 Å². The predicted molar refractivity (Wildman–Crippen MR) is 139 cm³/mol. The Hall–Kier alpha value is -2.85. The number of nitrogens with zero attached hydrogens (tertiary/aromatic N) is 2. The fourth-order valence-electron chi connectivity index (χ4n) is 3.81. The van der Waals surface area contributed by atoms with Crippen LogP contribution in [0.25, 0.3) is 0 Å². The average Bonchev–Trinajstić information content (AvgIpc) is 2.82. The minimum absolute atomic E-state index is 0.00695. The first-order valence-corrected chi connectivity index (χ1v) is 13.9. The smallest absolute Gasteiger partial charge is 0.242 e. The largest absolute Gasteiger partial charge is 0.495 e. The van der Waals surface area contributed by atoms with E-state index in [1.165, 1.54) is 34.5 Å². The van der Waals surface area contributed by atoms with Gasteiger partial charge in [-0.15, -0.1) is 0 Å². The molecule has 0 aliphatic rings. The van der Waals surface area contributed by atoms with Gasteiger partial charge in [0.2, 0.25) is 21.8 Å². The molecule has 0 saturated heterocycles. The first kappa shape index (κ1) is 29.4. The second kappa shape index (κ2) is 13.5. The number of methoxy groups -OCH3 is 1. The molecule has 11 heteroatoms. The summed E-state index contributed by atoms with van der Waals surface area (Å²) in [5.41, 5.74) is 1.03. The zero-order valence-corrected chi connectivity index (χ0v) is 22.5. The first-order chi connectivity index (χ1) is 17.0. The van der Waals surface area contributed by atoms with Gasteiger partial charge in [0.05, 0.1) is 24.1 Å². The van der Waals surface area contributed by atoms with Crippen molar-refractivity contribution in [3.63, 3.8) is 0 Å². The first-order valence-electron chi connectivity index (χ1n) is 11.6. The third-order valence-corrected chi connectivity index (χ3v) is 7.07. The molecule has 0 aliphatic carbocycles. The van der Waals surface area contributed by atoms with Crippen molar-refractivity contribution >= 4 is 39.1 Å². The van der Waals surface area contributed by atoms with E-state index in [4.69, 9.17) is 16.3 Å². The third-order valence-electron chi connectivity index (χ3n) is 5.58. The Morgan fingerprint density at radius 3 is 2.33 bits per heavy atom. The molecule has 1 N–H and O–H groups in total. The molecule has 0 radical (unpaired) electrons. The average molecular weight is 542 g/mol. The maximum Gasteiger partial charge on any atom is 0.242 e. The van der Waals surface area contributed by atoms with Crippen molar-refractivity contribution in [3.05, 3.63) is 58.9 Å². The minimum Gasteiger partial charge on any atom is -0.495 e. The quantitative estimate of drug-likeness (QED) is 0.414. The summed E-state index contributed by atoms with van der Waals surface area (Å²) in [5.74, 6) is -0.567. The molecule has 8 nitrogen and oxygen atoms in total. The molecule has 0 bridgehead atoms. The molecular formula is C25H33ClFN3O5S. The molecule has 36 heavy (non-hydrogen) atoms. The van der Waals surface area contributed by atoms with Crippen molar-refractivity contribution in [3.8, 4) is 5.75 Å². The summed E-state index contributed by atoms with van der Waals surface area (Å²) in [5, 5.41) is 3.02. The number of benzene rings is 2. The highest BCUT2D eigenvalue weighted by Gasteiger charge is 2.28. The van der Waals surface area contributed by atoms with Crippen LogP contribution in [0, 0.1) is 5.82 Å². The molecule has 1 atom stereocenters. The lowest BCUT2D eigenvalue weighted by molar-refractivity contribution is -0.141. The number of amides is 2. The summed E-state index contributed by atoms with van der Waals surface area (Å²) in [6.45, 7) is 4.18. The zero-order chi connectivity index (χ0) is 26.9. The number of ether oxygens (including phenoxy) is 1. The summed E-state index contributed by atoms with van der Waals surface area (Å²) >= 11 is 6.17. The summed E-state index contributed by atoms with van der Waals surface area (Å²) < 4.78 is 44.6. The highest BCUT2D eigenvalue weighted by molar-refractivity contribution is 7.92. The molecule has 0 heterocycles. The van der Waals surface area contributed by atoms with Crippen LogP contribution in [-0.4, -0.2) is 57.6 Å². The minimum atomic E-state index is -3.66. The molecule has 0 fully saturated rings. The highest BCUT2D eigenvalue weighted by Crippen LogP contribution is 2.30. The fourth-order valence-corrected chi connectivity index (χ4v) is 5.02. The summed E-state index contributed by atoms with van der Waals surface area (Å²) in [6.07, 6.45) is 1.68. The Balaban J connectivity index is 2.21. The molecule has 0 aliphatic heterocycles. The normalized spacial score (nSPS) is 12.1. The Labute approximate surface area is 217 Å². The van der Waals surface area contributed by atoms with Gasteiger partial charge in [-0.2, -0.15) is 0 Å². The Morgan fingerprint density at radius 2 is 1.81 bits per heavy atom. The molecule has 1 unspecified atom stereocenters. The number of sulfonamides is 1. The van der Waals surface area contributed by atoms with Gasteiger partial charge in [0.15, 0.2) is 0 Å². The number of anilines is 1. The van der Waals surface area contributed by atoms with Crippen LogP contribution in [0.5, 0.6) is 5.75 Å². The molecule has 198 valence electrons. The SMILES string of the molecule is CCNC(=O)C(CC)N(Cc1ccc(F)cc1)C(=O)CCCN(c1ccc(OC)c(Cl)c1)S(C)(=O)=O. The molecule has 0 aromatic heterocycles. The summed E-state index contributed by atoms with van der Waals surface area (Å²) in [4.78, 5) is 27.4. The van der Waals surface area contributed by atoms with E-state index in [1.54, 1.807) is 31.2 Å². The maximum absolute atomic E-state index is 13.4. The van der Waals surface area contributed by atoms with Crippen LogP contribution in [0.1, 0.15) is 38.7 Å². The van der Waals surface area contributed by atoms with Gasteiger partial charge in [0.25, 0.3) is 0 Å². The van der Waals surface area contributed by atoms with Crippen molar-refractivity contribution in [1.82, 2.24) is 10.2 Å². The van der Waals surface area contributed by atoms with Gasteiger partial charge in [0, 0.05) is 26.1 Å². The van der Waals surface area contributed by atoms with E-state index in [0.29, 0.717) is 30.0 Å². The zero-order valence-electron chi connectivity index (χ0n) is 21.0. The number of rotatable bonds is 13. The maximum atomic E-state index is 13.4. The van der Waals surface area contributed by atoms with E-state index < -0.39 is 21.9 Å². The number of halogens is 2. The Kier molecular flexibility index (Phi) is 11.0. The number of hydrogen-bond acceptors (Lipinski definition) is 5. The summed E-state index contributed by atoms with van der Waals surface area (Å²) in [6, 6.07) is 9.67. The Bertz CT molecular complexity index is 1140. The molecule has 2 amide bonds. The van der Waals surface area contributed by atoms with Crippen LogP contribution in [-0.2, 0) is 26.2 Å². The van der Waals surface area contributed by atoms with Crippen LogP contribution in [0.15, 0.2) is 42.5 Å². The number of hydrogen-bond donors (Lipinski definition) is 1. The van der Waals surface area contributed by atoms with Crippen molar-refractivity contribution in [1.29, 1.82) is 0 Å². The van der Waals surface area contributed by atoms with Crippen LogP contribution in [0.3, 0.4) is 0 Å². The van der Waals surface area contributed by atoms with Gasteiger partial charge in [-0.05, 0) is 55.7 Å². The monoisotopic (exact) mass is 541 g/mol. The second-order valence-electron chi connectivity index (χ2n) is 8.22. The molecule has 2 aromatic rings. The molecule has 2 rings (SSSR count). The van der Waals surface area contributed by atoms with Crippen LogP contribution >= 0.6 is 11.6 Å². The van der Waals surface area contributed by atoms with E-state index in [9.17, 15) is 22.4 Å². The van der Waals surface area contributed by atoms with E-state index in [2.05, 4.69) is 5.32 Å². The Morgan fingerprint density at radius 1 is 1.14 bits per heavy atom. The number of likely N-dealkylation sites (N-methyl/N-ethyl adjacent to an activating group) is 1. The van der Waals surface area contributed by atoms with Gasteiger partial charge in [0.1, 0.15) is 17.6 Å².